The number of hydrogen-bond donors (Lipinski definition) is 1. The van der Waals surface area contributed by atoms with Crippen LogP contribution in [0.2, 0.25) is 0 Å². The fourth-order valence-electron chi connectivity index (χ4n) is 3.65. The van der Waals surface area contributed by atoms with E-state index in [4.69, 9.17) is 10.1 Å². The number of primary sulfonamides is 1. The normalized spacial score (nSPS) is 19.2. The lowest BCUT2D eigenvalue weighted by atomic mass is 10.2. The molecule has 0 aromatic heterocycles. The Hall–Kier alpha value is -3.05. The molecule has 0 radical (unpaired) electrons. The number of fused-ring (bicyclic) bond motifs is 1. The number of carbonyl (C=O) groups excluding carboxylic acids is 1. The maximum Gasteiger partial charge on any atom is 0.269 e. The summed E-state index contributed by atoms with van der Waals surface area (Å²) in [5.41, 5.74) is 2.57. The number of carbonyl (C=O) groups is 1. The molecule has 5 rings (SSSR count). The standard InChI is InChI=1S/C24H20N4O3S3/c1-27-19-9-5-6-10-20(19)32-23(27)21-22(29)28(15-16-7-3-2-4-8-16)24(33-21)26-17-11-13-18(14-12-17)34(25,30)31/h2-14H,15H2,1H3,(H2,25,30,31)/b23-21+,26-24?. The summed E-state index contributed by atoms with van der Waals surface area (Å²) in [6.07, 6.45) is 0. The minimum absolute atomic E-state index is 0.0114. The van der Waals surface area contributed by atoms with E-state index in [0.29, 0.717) is 22.3 Å². The molecule has 34 heavy (non-hydrogen) atoms. The molecule has 0 aliphatic carbocycles. The van der Waals surface area contributed by atoms with Gasteiger partial charge in [-0.25, -0.2) is 18.5 Å². The fourth-order valence-corrected chi connectivity index (χ4v) is 6.50. The quantitative estimate of drug-likeness (QED) is 0.521. The topological polar surface area (TPSA) is 96.1 Å². The highest BCUT2D eigenvalue weighted by Crippen LogP contribution is 2.50. The Morgan fingerprint density at radius 1 is 0.912 bits per heavy atom. The van der Waals surface area contributed by atoms with E-state index in [1.54, 1.807) is 28.8 Å². The van der Waals surface area contributed by atoms with E-state index < -0.39 is 10.0 Å². The van der Waals surface area contributed by atoms with Crippen LogP contribution >= 0.6 is 23.5 Å². The van der Waals surface area contributed by atoms with Crippen LogP contribution in [-0.2, 0) is 21.4 Å². The van der Waals surface area contributed by atoms with Gasteiger partial charge in [0.15, 0.2) is 5.17 Å². The molecule has 1 fully saturated rings. The predicted molar refractivity (Wildman–Crippen MR) is 137 cm³/mol. The van der Waals surface area contributed by atoms with Crippen molar-refractivity contribution in [2.45, 2.75) is 16.3 Å². The van der Waals surface area contributed by atoms with Gasteiger partial charge in [0.1, 0.15) is 4.91 Å². The number of nitrogens with two attached hydrogens (primary N) is 1. The van der Waals surface area contributed by atoms with Crippen LogP contribution in [0.3, 0.4) is 0 Å². The predicted octanol–water partition coefficient (Wildman–Crippen LogP) is 4.51. The van der Waals surface area contributed by atoms with Crippen LogP contribution in [0.5, 0.6) is 0 Å². The zero-order valence-electron chi connectivity index (χ0n) is 18.1. The zero-order chi connectivity index (χ0) is 23.9. The van der Waals surface area contributed by atoms with Gasteiger partial charge in [-0.1, -0.05) is 54.2 Å². The van der Waals surface area contributed by atoms with Gasteiger partial charge >= 0.3 is 0 Å². The molecule has 2 aliphatic rings. The second-order valence-electron chi connectivity index (χ2n) is 7.68. The third-order valence-electron chi connectivity index (χ3n) is 5.37. The Labute approximate surface area is 206 Å². The van der Waals surface area contributed by atoms with Crippen molar-refractivity contribution in [3.05, 3.63) is 94.4 Å². The number of benzene rings is 3. The number of nitrogens with zero attached hydrogens (tertiary/aromatic N) is 3. The summed E-state index contributed by atoms with van der Waals surface area (Å²) in [4.78, 5) is 23.7. The Kier molecular flexibility index (Phi) is 5.98. The van der Waals surface area contributed by atoms with Crippen molar-refractivity contribution in [1.82, 2.24) is 4.90 Å². The molecule has 2 N–H and O–H groups in total. The minimum atomic E-state index is -3.79. The molecule has 2 aliphatic heterocycles. The first-order valence-corrected chi connectivity index (χ1v) is 13.5. The summed E-state index contributed by atoms with van der Waals surface area (Å²) in [5, 5.41) is 6.60. The van der Waals surface area contributed by atoms with Crippen molar-refractivity contribution in [2.75, 3.05) is 11.9 Å². The second-order valence-corrected chi connectivity index (χ2v) is 11.2. The molecule has 0 bridgehead atoms. The molecule has 0 unspecified atom stereocenters. The SMILES string of the molecule is CN1/C(=C2\SC(=Nc3ccc(S(N)(=O)=O)cc3)N(Cc3ccccc3)C2=O)Sc2ccccc21. The third-order valence-corrected chi connectivity index (χ3v) is 8.73. The zero-order valence-corrected chi connectivity index (χ0v) is 20.5. The number of amidine groups is 1. The highest BCUT2D eigenvalue weighted by molar-refractivity contribution is 8.19. The van der Waals surface area contributed by atoms with Crippen LogP contribution < -0.4 is 10.0 Å². The number of hydrogen-bond acceptors (Lipinski definition) is 7. The summed E-state index contributed by atoms with van der Waals surface area (Å²) in [5.74, 6) is -0.115. The largest absolute Gasteiger partial charge is 0.337 e. The van der Waals surface area contributed by atoms with E-state index in [9.17, 15) is 13.2 Å². The first-order valence-electron chi connectivity index (χ1n) is 10.3. The van der Waals surface area contributed by atoms with E-state index in [1.807, 2.05) is 66.5 Å². The van der Waals surface area contributed by atoms with Crippen molar-refractivity contribution < 1.29 is 13.2 Å². The smallest absolute Gasteiger partial charge is 0.269 e. The molecule has 1 amide bonds. The number of anilines is 1. The number of aliphatic imine (C=N–C) groups is 1. The molecule has 0 atom stereocenters. The first kappa shape index (κ1) is 22.7. The fraction of sp³-hybridized carbons (Fsp3) is 0.0833. The van der Waals surface area contributed by atoms with E-state index in [0.717, 1.165) is 21.2 Å². The lowest BCUT2D eigenvalue weighted by molar-refractivity contribution is -0.122. The van der Waals surface area contributed by atoms with E-state index >= 15 is 0 Å². The molecule has 10 heteroatoms. The number of sulfonamides is 1. The van der Waals surface area contributed by atoms with Crippen LogP contribution in [0.4, 0.5) is 11.4 Å². The van der Waals surface area contributed by atoms with Crippen LogP contribution in [0.25, 0.3) is 0 Å². The molecule has 1 saturated heterocycles. The lowest BCUT2D eigenvalue weighted by Gasteiger charge is -2.17. The van der Waals surface area contributed by atoms with Gasteiger partial charge in [0.05, 0.1) is 27.8 Å². The number of rotatable bonds is 4. The van der Waals surface area contributed by atoms with Gasteiger partial charge in [-0.05, 0) is 53.7 Å². The van der Waals surface area contributed by atoms with E-state index in [1.165, 1.54) is 23.9 Å². The van der Waals surface area contributed by atoms with Crippen molar-refractivity contribution in [2.24, 2.45) is 10.1 Å². The Morgan fingerprint density at radius 2 is 1.59 bits per heavy atom. The minimum Gasteiger partial charge on any atom is -0.337 e. The average Bonchev–Trinajstić information content (AvgIpc) is 3.31. The summed E-state index contributed by atoms with van der Waals surface area (Å²) in [7, 11) is -1.84. The summed E-state index contributed by atoms with van der Waals surface area (Å²) in [6.45, 7) is 0.374. The summed E-state index contributed by atoms with van der Waals surface area (Å²) >= 11 is 2.89. The van der Waals surface area contributed by atoms with E-state index in [-0.39, 0.29) is 10.8 Å². The molecule has 0 spiro atoms. The van der Waals surface area contributed by atoms with Crippen molar-refractivity contribution >= 4 is 56.0 Å². The molecule has 2 heterocycles. The van der Waals surface area contributed by atoms with Crippen molar-refractivity contribution in [3.8, 4) is 0 Å². The monoisotopic (exact) mass is 508 g/mol. The Morgan fingerprint density at radius 3 is 2.26 bits per heavy atom. The average molecular weight is 509 g/mol. The molecular weight excluding hydrogens is 488 g/mol. The molecule has 3 aromatic rings. The van der Waals surface area contributed by atoms with Crippen LogP contribution in [0.1, 0.15) is 5.56 Å². The van der Waals surface area contributed by atoms with Crippen LogP contribution in [0.15, 0.2) is 104 Å². The van der Waals surface area contributed by atoms with Gasteiger partial charge in [0, 0.05) is 11.9 Å². The van der Waals surface area contributed by atoms with Crippen LogP contribution in [-0.4, -0.2) is 31.4 Å². The summed E-state index contributed by atoms with van der Waals surface area (Å²) in [6, 6.07) is 23.7. The Bertz CT molecular complexity index is 1440. The summed E-state index contributed by atoms with van der Waals surface area (Å²) < 4.78 is 23.1. The highest BCUT2D eigenvalue weighted by Gasteiger charge is 2.39. The molecular formula is C24H20N4O3S3. The highest BCUT2D eigenvalue weighted by atomic mass is 32.2. The second kappa shape index (κ2) is 8.95. The Balaban J connectivity index is 1.54. The lowest BCUT2D eigenvalue weighted by Crippen LogP contribution is -2.29. The number of para-hydroxylation sites is 1. The van der Waals surface area contributed by atoms with Crippen molar-refractivity contribution in [3.63, 3.8) is 0 Å². The van der Waals surface area contributed by atoms with Gasteiger partial charge in [-0.3, -0.25) is 9.69 Å². The van der Waals surface area contributed by atoms with Gasteiger partial charge in [0.25, 0.3) is 5.91 Å². The molecule has 0 saturated carbocycles. The van der Waals surface area contributed by atoms with Gasteiger partial charge in [-0.15, -0.1) is 0 Å². The molecule has 7 nitrogen and oxygen atoms in total. The van der Waals surface area contributed by atoms with Gasteiger partial charge in [-0.2, -0.15) is 0 Å². The third kappa shape index (κ3) is 4.37. The molecule has 172 valence electrons. The number of thioether (sulfide) groups is 2. The van der Waals surface area contributed by atoms with Crippen LogP contribution in [0, 0.1) is 0 Å². The van der Waals surface area contributed by atoms with Crippen molar-refractivity contribution in [1.29, 1.82) is 0 Å². The maximum absolute atomic E-state index is 13.6. The maximum atomic E-state index is 13.6. The van der Waals surface area contributed by atoms with E-state index in [2.05, 4.69) is 0 Å². The van der Waals surface area contributed by atoms with Gasteiger partial charge < -0.3 is 4.90 Å². The van der Waals surface area contributed by atoms with Gasteiger partial charge in [0.2, 0.25) is 10.0 Å². The first-order chi connectivity index (χ1) is 16.3. The molecule has 3 aromatic carbocycles. The number of amides is 1.